The number of hydrogen-bond donors (Lipinski definition) is 1. The molecule has 1 N–H and O–H groups in total. The SMILES string of the molecule is N#Cc1cccc(S(=O)(=O)N(CCO)c2ccccc2)c1. The summed E-state index contributed by atoms with van der Waals surface area (Å²) in [6, 6.07) is 16.3. The topological polar surface area (TPSA) is 81.4 Å². The standard InChI is InChI=1S/C15H14N2O3S/c16-12-13-5-4-8-15(11-13)21(19,20)17(9-10-18)14-6-2-1-3-7-14/h1-8,11,18H,9-10H2. The van der Waals surface area contributed by atoms with Crippen LogP contribution in [0.15, 0.2) is 59.5 Å². The van der Waals surface area contributed by atoms with E-state index in [1.54, 1.807) is 30.3 Å². The minimum atomic E-state index is -3.83. The number of aliphatic hydroxyl groups is 1. The Kier molecular flexibility index (Phi) is 4.58. The highest BCUT2D eigenvalue weighted by molar-refractivity contribution is 7.92. The summed E-state index contributed by atoms with van der Waals surface area (Å²) in [7, 11) is -3.83. The molecule has 21 heavy (non-hydrogen) atoms. The summed E-state index contributed by atoms with van der Waals surface area (Å²) >= 11 is 0. The molecule has 5 nitrogen and oxygen atoms in total. The maximum absolute atomic E-state index is 12.7. The highest BCUT2D eigenvalue weighted by atomic mass is 32.2. The van der Waals surface area contributed by atoms with Crippen LogP contribution in [0.5, 0.6) is 0 Å². The van der Waals surface area contributed by atoms with E-state index in [2.05, 4.69) is 0 Å². The van der Waals surface area contributed by atoms with Crippen LogP contribution < -0.4 is 4.31 Å². The van der Waals surface area contributed by atoms with Gasteiger partial charge >= 0.3 is 0 Å². The van der Waals surface area contributed by atoms with Crippen LogP contribution in [0.25, 0.3) is 0 Å². The fourth-order valence-electron chi connectivity index (χ4n) is 1.93. The van der Waals surface area contributed by atoms with E-state index >= 15 is 0 Å². The van der Waals surface area contributed by atoms with E-state index in [1.165, 1.54) is 24.3 Å². The molecular weight excluding hydrogens is 288 g/mol. The summed E-state index contributed by atoms with van der Waals surface area (Å²) in [4.78, 5) is 0.0267. The molecule has 6 heteroatoms. The van der Waals surface area contributed by atoms with Crippen molar-refractivity contribution in [2.45, 2.75) is 4.90 Å². The molecule has 0 aliphatic rings. The molecule has 108 valence electrons. The normalized spacial score (nSPS) is 10.9. The average molecular weight is 302 g/mol. The maximum atomic E-state index is 12.7. The third kappa shape index (κ3) is 3.21. The van der Waals surface area contributed by atoms with Gasteiger partial charge in [0.15, 0.2) is 0 Å². The lowest BCUT2D eigenvalue weighted by atomic mass is 10.2. The van der Waals surface area contributed by atoms with E-state index in [9.17, 15) is 8.42 Å². The first-order valence-corrected chi connectivity index (χ1v) is 7.72. The summed E-state index contributed by atoms with van der Waals surface area (Å²) in [6.45, 7) is -0.352. The van der Waals surface area contributed by atoms with E-state index in [0.29, 0.717) is 5.69 Å². The van der Waals surface area contributed by atoms with Crippen LogP contribution >= 0.6 is 0 Å². The van der Waals surface area contributed by atoms with Crippen molar-refractivity contribution in [3.63, 3.8) is 0 Å². The fourth-order valence-corrected chi connectivity index (χ4v) is 3.43. The lowest BCUT2D eigenvalue weighted by Crippen LogP contribution is -2.33. The predicted octanol–water partition coefficient (Wildman–Crippen LogP) is 1.75. The zero-order valence-corrected chi connectivity index (χ0v) is 12.0. The molecule has 0 spiro atoms. The number of nitrogens with zero attached hydrogens (tertiary/aromatic N) is 2. The number of nitriles is 1. The smallest absolute Gasteiger partial charge is 0.264 e. The molecule has 2 rings (SSSR count). The number of anilines is 1. The third-order valence-corrected chi connectivity index (χ3v) is 4.72. The number of para-hydroxylation sites is 1. The van der Waals surface area contributed by atoms with E-state index in [0.717, 1.165) is 4.31 Å². The molecule has 0 saturated heterocycles. The quantitative estimate of drug-likeness (QED) is 0.912. The van der Waals surface area contributed by atoms with Gasteiger partial charge in [0, 0.05) is 0 Å². The Morgan fingerprint density at radius 1 is 1.10 bits per heavy atom. The van der Waals surface area contributed by atoms with Gasteiger partial charge in [0.25, 0.3) is 10.0 Å². The first kappa shape index (κ1) is 15.0. The molecule has 2 aromatic carbocycles. The van der Waals surface area contributed by atoms with Gasteiger partial charge in [-0.3, -0.25) is 4.31 Å². The van der Waals surface area contributed by atoms with Crippen LogP contribution in [0.4, 0.5) is 5.69 Å². The van der Waals surface area contributed by atoms with Crippen LogP contribution in [0.1, 0.15) is 5.56 Å². The predicted molar refractivity (Wildman–Crippen MR) is 79.2 cm³/mol. The summed E-state index contributed by atoms with van der Waals surface area (Å²) in [6.07, 6.45) is 0. The van der Waals surface area contributed by atoms with Gasteiger partial charge in [0.05, 0.1) is 35.4 Å². The molecule has 0 radical (unpaired) electrons. The second-order valence-corrected chi connectivity index (χ2v) is 6.14. The first-order chi connectivity index (χ1) is 10.1. The molecule has 0 fully saturated rings. The Hall–Kier alpha value is -2.36. The molecule has 0 unspecified atom stereocenters. The van der Waals surface area contributed by atoms with Crippen LogP contribution in [0.3, 0.4) is 0 Å². The van der Waals surface area contributed by atoms with Crippen molar-refractivity contribution in [3.05, 3.63) is 60.2 Å². The van der Waals surface area contributed by atoms with Gasteiger partial charge in [-0.05, 0) is 30.3 Å². The van der Waals surface area contributed by atoms with Crippen molar-refractivity contribution in [2.75, 3.05) is 17.5 Å². The zero-order chi connectivity index (χ0) is 15.3. The molecule has 0 bridgehead atoms. The second kappa shape index (κ2) is 6.39. The van der Waals surface area contributed by atoms with Crippen molar-refractivity contribution in [1.82, 2.24) is 0 Å². The van der Waals surface area contributed by atoms with Crippen molar-refractivity contribution in [1.29, 1.82) is 5.26 Å². The van der Waals surface area contributed by atoms with Crippen LogP contribution in [-0.4, -0.2) is 26.7 Å². The van der Waals surface area contributed by atoms with Crippen molar-refractivity contribution < 1.29 is 13.5 Å². The number of aliphatic hydroxyl groups excluding tert-OH is 1. The van der Waals surface area contributed by atoms with Gasteiger partial charge in [-0.15, -0.1) is 0 Å². The Labute approximate surface area is 123 Å². The summed E-state index contributed by atoms with van der Waals surface area (Å²) in [5.74, 6) is 0. The number of rotatable bonds is 5. The van der Waals surface area contributed by atoms with Crippen molar-refractivity contribution in [2.24, 2.45) is 0 Å². The van der Waals surface area contributed by atoms with Gasteiger partial charge in [0.2, 0.25) is 0 Å². The Bertz CT molecular complexity index is 752. The lowest BCUT2D eigenvalue weighted by molar-refractivity contribution is 0.306. The fraction of sp³-hybridized carbons (Fsp3) is 0.133. The minimum absolute atomic E-state index is 0.0267. The highest BCUT2D eigenvalue weighted by Gasteiger charge is 2.24. The number of hydrogen-bond acceptors (Lipinski definition) is 4. The van der Waals surface area contributed by atoms with E-state index in [-0.39, 0.29) is 23.6 Å². The maximum Gasteiger partial charge on any atom is 0.264 e. The summed E-state index contributed by atoms with van der Waals surface area (Å²) in [5, 5.41) is 18.0. The van der Waals surface area contributed by atoms with Gasteiger partial charge in [-0.25, -0.2) is 8.42 Å². The Morgan fingerprint density at radius 3 is 2.43 bits per heavy atom. The Balaban J connectivity index is 2.50. The van der Waals surface area contributed by atoms with Gasteiger partial charge in [-0.2, -0.15) is 5.26 Å². The molecule has 0 aliphatic heterocycles. The van der Waals surface area contributed by atoms with Crippen molar-refractivity contribution >= 4 is 15.7 Å². The van der Waals surface area contributed by atoms with Gasteiger partial charge in [-0.1, -0.05) is 24.3 Å². The van der Waals surface area contributed by atoms with Crippen LogP contribution in [0, 0.1) is 11.3 Å². The van der Waals surface area contributed by atoms with Crippen LogP contribution in [-0.2, 0) is 10.0 Å². The molecule has 0 amide bonds. The van der Waals surface area contributed by atoms with Crippen LogP contribution in [0.2, 0.25) is 0 Å². The van der Waals surface area contributed by atoms with Gasteiger partial charge in [0.1, 0.15) is 0 Å². The molecule has 0 heterocycles. The lowest BCUT2D eigenvalue weighted by Gasteiger charge is -2.23. The number of benzene rings is 2. The molecule has 2 aromatic rings. The van der Waals surface area contributed by atoms with E-state index < -0.39 is 10.0 Å². The molecular formula is C15H14N2O3S. The molecule has 0 atom stereocenters. The van der Waals surface area contributed by atoms with Crippen molar-refractivity contribution in [3.8, 4) is 6.07 Å². The summed E-state index contributed by atoms with van der Waals surface area (Å²) in [5.41, 5.74) is 0.738. The van der Waals surface area contributed by atoms with E-state index in [1.807, 2.05) is 6.07 Å². The first-order valence-electron chi connectivity index (χ1n) is 6.28. The van der Waals surface area contributed by atoms with E-state index in [4.69, 9.17) is 10.4 Å². The highest BCUT2D eigenvalue weighted by Crippen LogP contribution is 2.23. The monoisotopic (exact) mass is 302 g/mol. The molecule has 0 aliphatic carbocycles. The molecule has 0 saturated carbocycles. The minimum Gasteiger partial charge on any atom is -0.394 e. The number of sulfonamides is 1. The third-order valence-electron chi connectivity index (χ3n) is 2.90. The summed E-state index contributed by atoms with van der Waals surface area (Å²) < 4.78 is 26.5. The zero-order valence-electron chi connectivity index (χ0n) is 11.2. The second-order valence-electron chi connectivity index (χ2n) is 4.28. The molecule has 0 aromatic heterocycles. The van der Waals surface area contributed by atoms with Gasteiger partial charge < -0.3 is 5.11 Å². The largest absolute Gasteiger partial charge is 0.394 e. The average Bonchev–Trinajstić information content (AvgIpc) is 2.53. The Morgan fingerprint density at radius 2 is 1.81 bits per heavy atom.